The number of amides is 2. The second-order valence-corrected chi connectivity index (χ2v) is 8.86. The second-order valence-electron chi connectivity index (χ2n) is 8.86. The van der Waals surface area contributed by atoms with Crippen LogP contribution in [0.2, 0.25) is 0 Å². The zero-order valence-corrected chi connectivity index (χ0v) is 18.1. The minimum atomic E-state index is -0.302. The molecule has 1 aliphatic carbocycles. The topological polar surface area (TPSA) is 58.6 Å². The second kappa shape index (κ2) is 9.08. The maximum Gasteiger partial charge on any atom is 0.257 e. The number of hydrogen-bond acceptors (Lipinski definition) is 3. The maximum absolute atomic E-state index is 13.6. The predicted molar refractivity (Wildman–Crippen MR) is 116 cm³/mol. The molecule has 1 unspecified atom stereocenters. The Morgan fingerprint density at radius 2 is 1.90 bits per heavy atom. The average Bonchev–Trinajstić information content (AvgIpc) is 3.61. The lowest BCUT2D eigenvalue weighted by Gasteiger charge is -2.38. The third kappa shape index (κ3) is 5.06. The van der Waals surface area contributed by atoms with E-state index >= 15 is 0 Å². The van der Waals surface area contributed by atoms with Crippen molar-refractivity contribution in [3.63, 3.8) is 0 Å². The smallest absolute Gasteiger partial charge is 0.257 e. The molecule has 2 aromatic carbocycles. The summed E-state index contributed by atoms with van der Waals surface area (Å²) >= 11 is 0. The first-order valence-corrected chi connectivity index (χ1v) is 11.0. The fourth-order valence-electron chi connectivity index (χ4n) is 4.01. The van der Waals surface area contributed by atoms with Crippen LogP contribution in [0.25, 0.3) is 0 Å². The van der Waals surface area contributed by atoms with Crippen LogP contribution in [0.5, 0.6) is 5.75 Å². The highest BCUT2D eigenvalue weighted by atomic mass is 19.1. The Morgan fingerprint density at radius 1 is 1.16 bits per heavy atom. The van der Waals surface area contributed by atoms with Gasteiger partial charge in [-0.2, -0.15) is 0 Å². The Bertz CT molecular complexity index is 954. The molecule has 1 fully saturated rings. The summed E-state index contributed by atoms with van der Waals surface area (Å²) in [5.74, 6) is 0.773. The van der Waals surface area contributed by atoms with Gasteiger partial charge in [-0.05, 0) is 66.1 Å². The van der Waals surface area contributed by atoms with Gasteiger partial charge in [0.25, 0.3) is 5.91 Å². The predicted octanol–water partition coefficient (Wildman–Crippen LogP) is 3.86. The quantitative estimate of drug-likeness (QED) is 0.734. The molecule has 0 saturated heterocycles. The fraction of sp³-hybridized carbons (Fsp3) is 0.440. The minimum absolute atomic E-state index is 0.0581. The molecule has 164 valence electrons. The zero-order chi connectivity index (χ0) is 22.0. The molecular weight excluding hydrogens is 395 g/mol. The summed E-state index contributed by atoms with van der Waals surface area (Å²) in [6, 6.07) is 11.9. The van der Waals surface area contributed by atoms with Gasteiger partial charge in [-0.25, -0.2) is 4.39 Å². The van der Waals surface area contributed by atoms with Gasteiger partial charge in [-0.3, -0.25) is 9.59 Å². The number of carbonyl (C=O) groups excluding carboxylic acids is 2. The van der Waals surface area contributed by atoms with Crippen molar-refractivity contribution in [2.45, 2.75) is 39.2 Å². The molecule has 0 bridgehead atoms. The largest absolute Gasteiger partial charge is 0.484 e. The van der Waals surface area contributed by atoms with E-state index in [1.807, 2.05) is 36.9 Å². The van der Waals surface area contributed by atoms with Gasteiger partial charge in [0.15, 0.2) is 6.61 Å². The van der Waals surface area contributed by atoms with Crippen molar-refractivity contribution in [2.75, 3.05) is 19.7 Å². The van der Waals surface area contributed by atoms with Crippen LogP contribution in [0, 0.1) is 17.7 Å². The van der Waals surface area contributed by atoms with E-state index < -0.39 is 0 Å². The van der Waals surface area contributed by atoms with E-state index in [0.29, 0.717) is 24.8 Å². The van der Waals surface area contributed by atoms with Gasteiger partial charge >= 0.3 is 0 Å². The van der Waals surface area contributed by atoms with E-state index in [0.717, 1.165) is 36.0 Å². The summed E-state index contributed by atoms with van der Waals surface area (Å²) in [4.78, 5) is 27.0. The zero-order valence-electron chi connectivity index (χ0n) is 18.1. The molecule has 0 aromatic heterocycles. The van der Waals surface area contributed by atoms with Crippen LogP contribution in [-0.2, 0) is 16.0 Å². The molecule has 0 spiro atoms. The molecule has 2 amide bonds. The Morgan fingerprint density at radius 3 is 2.58 bits per heavy atom. The molecule has 2 aliphatic rings. The highest BCUT2D eigenvalue weighted by molar-refractivity contribution is 5.82. The number of nitrogens with zero attached hydrogens (tertiary/aromatic N) is 1. The number of carbonyl (C=O) groups is 2. The molecule has 1 aliphatic heterocycles. The van der Waals surface area contributed by atoms with Gasteiger partial charge in [0.2, 0.25) is 5.91 Å². The van der Waals surface area contributed by atoms with Gasteiger partial charge in [-0.1, -0.05) is 32.0 Å². The molecule has 1 heterocycles. The Kier molecular flexibility index (Phi) is 6.25. The van der Waals surface area contributed by atoms with E-state index in [2.05, 4.69) is 5.32 Å². The average molecular weight is 425 g/mol. The van der Waals surface area contributed by atoms with Gasteiger partial charge in [0, 0.05) is 19.0 Å². The monoisotopic (exact) mass is 424 g/mol. The highest BCUT2D eigenvalue weighted by Crippen LogP contribution is 2.41. The van der Waals surface area contributed by atoms with Crippen LogP contribution in [-0.4, -0.2) is 36.4 Å². The molecule has 1 saturated carbocycles. The van der Waals surface area contributed by atoms with Crippen molar-refractivity contribution in [1.29, 1.82) is 0 Å². The molecule has 6 heteroatoms. The van der Waals surface area contributed by atoms with Crippen LogP contribution in [0.3, 0.4) is 0 Å². The summed E-state index contributed by atoms with van der Waals surface area (Å²) in [7, 11) is 0. The van der Waals surface area contributed by atoms with E-state index in [1.165, 1.54) is 12.1 Å². The molecule has 0 radical (unpaired) electrons. The molecule has 31 heavy (non-hydrogen) atoms. The van der Waals surface area contributed by atoms with Crippen LogP contribution >= 0.6 is 0 Å². The molecule has 1 atom stereocenters. The summed E-state index contributed by atoms with van der Waals surface area (Å²) in [5.41, 5.74) is 3.00. The third-order valence-electron chi connectivity index (χ3n) is 5.82. The maximum atomic E-state index is 13.6. The molecular formula is C25H29FN2O3. The number of ether oxygens (including phenoxy) is 1. The van der Waals surface area contributed by atoms with Crippen molar-refractivity contribution < 1.29 is 18.7 Å². The van der Waals surface area contributed by atoms with Crippen molar-refractivity contribution in [3.05, 3.63) is 65.0 Å². The van der Waals surface area contributed by atoms with Gasteiger partial charge in [0.05, 0.1) is 6.04 Å². The number of nitrogens with one attached hydrogen (secondary N) is 1. The number of hydrogen-bond donors (Lipinski definition) is 1. The summed E-state index contributed by atoms with van der Waals surface area (Å²) in [5, 5.41) is 2.84. The van der Waals surface area contributed by atoms with Crippen molar-refractivity contribution in [3.8, 4) is 5.75 Å². The number of benzene rings is 2. The number of rotatable bonds is 7. The van der Waals surface area contributed by atoms with Crippen molar-refractivity contribution >= 4 is 11.8 Å². The minimum Gasteiger partial charge on any atom is -0.484 e. The van der Waals surface area contributed by atoms with E-state index in [4.69, 9.17) is 4.74 Å². The van der Waals surface area contributed by atoms with Crippen LogP contribution in [0.15, 0.2) is 42.5 Å². The van der Waals surface area contributed by atoms with Gasteiger partial charge < -0.3 is 15.0 Å². The van der Waals surface area contributed by atoms with Gasteiger partial charge in [0.1, 0.15) is 11.6 Å². The van der Waals surface area contributed by atoms with Crippen LogP contribution in [0.4, 0.5) is 4.39 Å². The highest BCUT2D eigenvalue weighted by Gasteiger charge is 2.39. The van der Waals surface area contributed by atoms with Crippen LogP contribution in [0.1, 0.15) is 49.4 Å². The van der Waals surface area contributed by atoms with Crippen LogP contribution < -0.4 is 10.1 Å². The fourth-order valence-corrected chi connectivity index (χ4v) is 4.01. The first-order chi connectivity index (χ1) is 14.9. The van der Waals surface area contributed by atoms with E-state index in [9.17, 15) is 14.0 Å². The molecule has 5 nitrogen and oxygen atoms in total. The normalized spacial score (nSPS) is 17.9. The van der Waals surface area contributed by atoms with Crippen molar-refractivity contribution in [1.82, 2.24) is 10.2 Å². The number of halogens is 1. The van der Waals surface area contributed by atoms with Gasteiger partial charge in [-0.15, -0.1) is 0 Å². The Balaban J connectivity index is 1.59. The summed E-state index contributed by atoms with van der Waals surface area (Å²) in [6.45, 7) is 5.26. The SMILES string of the molecule is CC(C)CNC(=O)COc1ccc2c(c1)C(c1ccc(F)cc1)N(C(=O)C1CC1)CC2. The summed E-state index contributed by atoms with van der Waals surface area (Å²) in [6.07, 6.45) is 2.64. The standard InChI is InChI=1S/C25H29FN2O3/c1-16(2)14-27-23(29)15-31-21-10-7-17-11-12-28(25(30)19-3-4-19)24(22(17)13-21)18-5-8-20(26)9-6-18/h5-10,13,16,19,24H,3-4,11-12,14-15H2,1-2H3,(H,27,29). The molecule has 4 rings (SSSR count). The molecule has 2 aromatic rings. The van der Waals surface area contributed by atoms with Crippen molar-refractivity contribution in [2.24, 2.45) is 11.8 Å². The lowest BCUT2D eigenvalue weighted by atomic mass is 9.87. The summed E-state index contributed by atoms with van der Waals surface area (Å²) < 4.78 is 19.3. The first kappa shape index (κ1) is 21.3. The number of fused-ring (bicyclic) bond motifs is 1. The lowest BCUT2D eigenvalue weighted by Crippen LogP contribution is -2.41. The Hall–Kier alpha value is -2.89. The Labute approximate surface area is 182 Å². The van der Waals surface area contributed by atoms with E-state index in [1.54, 1.807) is 12.1 Å². The third-order valence-corrected chi connectivity index (χ3v) is 5.82. The van der Waals surface area contributed by atoms with E-state index in [-0.39, 0.29) is 36.2 Å². The molecule has 1 N–H and O–H groups in total. The lowest BCUT2D eigenvalue weighted by molar-refractivity contribution is -0.134. The first-order valence-electron chi connectivity index (χ1n) is 11.0.